The van der Waals surface area contributed by atoms with Crippen LogP contribution in [0.15, 0.2) is 48.5 Å². The molecule has 0 aliphatic carbocycles. The van der Waals surface area contributed by atoms with E-state index in [1.807, 2.05) is 0 Å². The highest BCUT2D eigenvalue weighted by Gasteiger charge is 2.09. The summed E-state index contributed by atoms with van der Waals surface area (Å²) in [7, 11) is 1.78. The van der Waals surface area contributed by atoms with Gasteiger partial charge < -0.3 is 15.4 Å². The number of alkyl halides is 2. The molecule has 2 rings (SSSR count). The van der Waals surface area contributed by atoms with Crippen LogP contribution in [0, 0.1) is 0 Å². The summed E-state index contributed by atoms with van der Waals surface area (Å²) in [6.45, 7) is -0.799. The summed E-state index contributed by atoms with van der Waals surface area (Å²) < 4.78 is 28.6. The van der Waals surface area contributed by atoms with E-state index in [-0.39, 0.29) is 24.1 Å². The number of anilines is 2. The maximum Gasteiger partial charge on any atom is 0.387 e. The molecule has 0 fully saturated rings. The van der Waals surface area contributed by atoms with Gasteiger partial charge in [0.15, 0.2) is 0 Å². The third-order valence-corrected chi connectivity index (χ3v) is 3.50. The molecule has 6 nitrogen and oxygen atoms in total. The number of benzene rings is 2. The lowest BCUT2D eigenvalue weighted by atomic mass is 10.2. The van der Waals surface area contributed by atoms with Crippen molar-refractivity contribution >= 4 is 23.2 Å². The monoisotopic (exact) mass is 377 g/mol. The van der Waals surface area contributed by atoms with E-state index >= 15 is 0 Å². The van der Waals surface area contributed by atoms with Crippen molar-refractivity contribution in [1.29, 1.82) is 0 Å². The highest BCUT2D eigenvalue weighted by molar-refractivity contribution is 5.93. The molecule has 0 aliphatic rings. The van der Waals surface area contributed by atoms with Crippen molar-refractivity contribution in [1.82, 2.24) is 4.90 Å². The molecule has 27 heavy (non-hydrogen) atoms. The Labute approximate surface area is 156 Å². The Kier molecular flexibility index (Phi) is 7.25. The molecule has 0 aromatic heterocycles. The van der Waals surface area contributed by atoms with Crippen molar-refractivity contribution in [2.24, 2.45) is 0 Å². The number of hydrogen-bond acceptors (Lipinski definition) is 4. The summed E-state index contributed by atoms with van der Waals surface area (Å²) >= 11 is 0. The zero-order valence-electron chi connectivity index (χ0n) is 15.0. The summed E-state index contributed by atoms with van der Waals surface area (Å²) in [5.41, 5.74) is 2.14. The molecular weight excluding hydrogens is 356 g/mol. The molecule has 144 valence electrons. The first kappa shape index (κ1) is 20.3. The Bertz CT molecular complexity index is 765. The lowest BCUT2D eigenvalue weighted by Gasteiger charge is -2.17. The summed E-state index contributed by atoms with van der Waals surface area (Å²) in [4.78, 5) is 24.9. The molecule has 2 N–H and O–H groups in total. The second-order valence-electron chi connectivity index (χ2n) is 6.00. The van der Waals surface area contributed by atoms with Crippen molar-refractivity contribution in [3.63, 3.8) is 0 Å². The van der Waals surface area contributed by atoms with Gasteiger partial charge in [0.2, 0.25) is 11.8 Å². The second kappa shape index (κ2) is 9.63. The van der Waals surface area contributed by atoms with Gasteiger partial charge in [0, 0.05) is 24.8 Å². The number of amides is 2. The molecule has 0 unspecified atom stereocenters. The van der Waals surface area contributed by atoms with Gasteiger partial charge in [-0.2, -0.15) is 8.78 Å². The van der Waals surface area contributed by atoms with Gasteiger partial charge in [0.25, 0.3) is 0 Å². The minimum Gasteiger partial charge on any atom is -0.435 e. The van der Waals surface area contributed by atoms with Gasteiger partial charge in [-0.1, -0.05) is 12.1 Å². The summed E-state index contributed by atoms with van der Waals surface area (Å²) in [6, 6.07) is 13.1. The average molecular weight is 377 g/mol. The minimum atomic E-state index is -2.85. The first-order valence-electron chi connectivity index (χ1n) is 8.21. The maximum atomic E-state index is 12.1. The molecule has 0 heterocycles. The van der Waals surface area contributed by atoms with Crippen LogP contribution in [-0.2, 0) is 16.1 Å². The number of ether oxygens (including phenoxy) is 1. The Morgan fingerprint density at radius 2 is 1.56 bits per heavy atom. The van der Waals surface area contributed by atoms with E-state index in [4.69, 9.17) is 0 Å². The fourth-order valence-corrected chi connectivity index (χ4v) is 2.43. The Morgan fingerprint density at radius 3 is 2.07 bits per heavy atom. The standard InChI is InChI=1S/C19H21F2N3O3/c1-13(25)22-15-5-7-16(8-6-15)23-18(26)12-24(2)11-14-3-9-17(10-4-14)27-19(20)21/h3-10,19H,11-12H2,1-2H3,(H,22,25)(H,23,26). The van der Waals surface area contributed by atoms with Gasteiger partial charge in [-0.05, 0) is 49.0 Å². The highest BCUT2D eigenvalue weighted by Crippen LogP contribution is 2.16. The van der Waals surface area contributed by atoms with Crippen LogP contribution in [0.4, 0.5) is 20.2 Å². The molecular formula is C19H21F2N3O3. The SMILES string of the molecule is CC(=O)Nc1ccc(NC(=O)CN(C)Cc2ccc(OC(F)F)cc2)cc1. The van der Waals surface area contributed by atoms with E-state index in [1.165, 1.54) is 19.1 Å². The van der Waals surface area contributed by atoms with Crippen LogP contribution in [-0.4, -0.2) is 36.9 Å². The summed E-state index contributed by atoms with van der Waals surface area (Å²) in [5.74, 6) is -0.263. The average Bonchev–Trinajstić information content (AvgIpc) is 2.57. The van der Waals surface area contributed by atoms with Crippen LogP contribution < -0.4 is 15.4 Å². The van der Waals surface area contributed by atoms with E-state index in [0.717, 1.165) is 5.56 Å². The molecule has 0 aliphatic heterocycles. The van der Waals surface area contributed by atoms with Crippen molar-refractivity contribution in [3.8, 4) is 5.75 Å². The fourth-order valence-electron chi connectivity index (χ4n) is 2.43. The van der Waals surface area contributed by atoms with Crippen molar-refractivity contribution in [2.75, 3.05) is 24.2 Å². The number of nitrogens with zero attached hydrogens (tertiary/aromatic N) is 1. The lowest BCUT2D eigenvalue weighted by molar-refractivity contribution is -0.117. The van der Waals surface area contributed by atoms with Crippen molar-refractivity contribution in [3.05, 3.63) is 54.1 Å². The molecule has 0 atom stereocenters. The zero-order valence-corrected chi connectivity index (χ0v) is 15.0. The molecule has 0 saturated carbocycles. The molecule has 2 aromatic carbocycles. The molecule has 8 heteroatoms. The lowest BCUT2D eigenvalue weighted by Crippen LogP contribution is -2.29. The maximum absolute atomic E-state index is 12.1. The fraction of sp³-hybridized carbons (Fsp3) is 0.263. The van der Waals surface area contributed by atoms with Crippen LogP contribution in [0.1, 0.15) is 12.5 Å². The third kappa shape index (κ3) is 7.41. The minimum absolute atomic E-state index is 0.0943. The van der Waals surface area contributed by atoms with Gasteiger partial charge in [-0.3, -0.25) is 14.5 Å². The van der Waals surface area contributed by atoms with Gasteiger partial charge in [-0.15, -0.1) is 0 Å². The number of carbonyl (C=O) groups excluding carboxylic acids is 2. The number of nitrogens with one attached hydrogen (secondary N) is 2. The quantitative estimate of drug-likeness (QED) is 0.740. The Hall–Kier alpha value is -3.00. The molecule has 2 amide bonds. The van der Waals surface area contributed by atoms with Crippen LogP contribution in [0.5, 0.6) is 5.75 Å². The third-order valence-electron chi connectivity index (χ3n) is 3.50. The molecule has 2 aromatic rings. The van der Waals surface area contributed by atoms with Crippen molar-refractivity contribution < 1.29 is 23.1 Å². The van der Waals surface area contributed by atoms with E-state index in [2.05, 4.69) is 15.4 Å². The van der Waals surface area contributed by atoms with E-state index in [9.17, 15) is 18.4 Å². The van der Waals surface area contributed by atoms with Crippen LogP contribution in [0.25, 0.3) is 0 Å². The molecule has 0 radical (unpaired) electrons. The van der Waals surface area contributed by atoms with Crippen LogP contribution >= 0.6 is 0 Å². The van der Waals surface area contributed by atoms with E-state index in [1.54, 1.807) is 48.3 Å². The van der Waals surface area contributed by atoms with Gasteiger partial charge in [0.1, 0.15) is 5.75 Å². The predicted molar refractivity (Wildman–Crippen MR) is 98.8 cm³/mol. The Balaban J connectivity index is 1.81. The molecule has 0 saturated heterocycles. The summed E-state index contributed by atoms with van der Waals surface area (Å²) in [5, 5.41) is 5.42. The number of rotatable bonds is 8. The normalized spacial score (nSPS) is 10.7. The van der Waals surface area contributed by atoms with E-state index < -0.39 is 6.61 Å². The van der Waals surface area contributed by atoms with Crippen molar-refractivity contribution in [2.45, 2.75) is 20.1 Å². The van der Waals surface area contributed by atoms with Crippen LogP contribution in [0.2, 0.25) is 0 Å². The zero-order chi connectivity index (χ0) is 19.8. The first-order valence-corrected chi connectivity index (χ1v) is 8.21. The largest absolute Gasteiger partial charge is 0.435 e. The van der Waals surface area contributed by atoms with Crippen LogP contribution in [0.3, 0.4) is 0 Å². The van der Waals surface area contributed by atoms with Gasteiger partial charge >= 0.3 is 6.61 Å². The molecule has 0 bridgehead atoms. The molecule has 0 spiro atoms. The second-order valence-corrected chi connectivity index (χ2v) is 6.00. The number of likely N-dealkylation sites (N-methyl/N-ethyl adjacent to an activating group) is 1. The van der Waals surface area contributed by atoms with Gasteiger partial charge in [0.05, 0.1) is 6.54 Å². The smallest absolute Gasteiger partial charge is 0.387 e. The predicted octanol–water partition coefficient (Wildman–Crippen LogP) is 3.32. The summed E-state index contributed by atoms with van der Waals surface area (Å²) in [6.07, 6.45) is 0. The number of hydrogen-bond donors (Lipinski definition) is 2. The van der Waals surface area contributed by atoms with E-state index in [0.29, 0.717) is 17.9 Å². The Morgan fingerprint density at radius 1 is 1.00 bits per heavy atom. The first-order chi connectivity index (χ1) is 12.8. The highest BCUT2D eigenvalue weighted by atomic mass is 19.3. The van der Waals surface area contributed by atoms with Gasteiger partial charge in [-0.25, -0.2) is 0 Å². The number of halogens is 2. The topological polar surface area (TPSA) is 70.7 Å². The number of carbonyl (C=O) groups is 2.